The molecule has 1 saturated carbocycles. The Morgan fingerprint density at radius 1 is 1.00 bits per heavy atom. The van der Waals surface area contributed by atoms with Gasteiger partial charge in [-0.2, -0.15) is 4.98 Å². The Morgan fingerprint density at radius 3 is 2.53 bits per heavy atom. The molecule has 1 aromatic heterocycles. The van der Waals surface area contributed by atoms with Crippen molar-refractivity contribution in [2.45, 2.75) is 75.6 Å². The van der Waals surface area contributed by atoms with E-state index in [1.165, 1.54) is 17.5 Å². The zero-order valence-corrected chi connectivity index (χ0v) is 26.8. The van der Waals surface area contributed by atoms with Gasteiger partial charge in [0.05, 0.1) is 5.57 Å². The number of fused-ring (bicyclic) bond motifs is 1. The average Bonchev–Trinajstić information content (AvgIpc) is 3.43. The smallest absolute Gasteiger partial charge is 0.338 e. The summed E-state index contributed by atoms with van der Waals surface area (Å²) in [7, 11) is 0. The first-order valence-electron chi connectivity index (χ1n) is 14.7. The molecule has 0 radical (unpaired) electrons. The van der Waals surface area contributed by atoms with Crippen LogP contribution in [0.5, 0.6) is 5.75 Å². The molecule has 0 spiro atoms. The molecule has 1 unspecified atom stereocenters. The van der Waals surface area contributed by atoms with Gasteiger partial charge in [-0.05, 0) is 68.9 Å². The van der Waals surface area contributed by atoms with Crippen molar-refractivity contribution in [2.24, 2.45) is 0 Å². The highest BCUT2D eigenvalue weighted by Crippen LogP contribution is 2.42. The van der Waals surface area contributed by atoms with Crippen LogP contribution in [0.3, 0.4) is 0 Å². The van der Waals surface area contributed by atoms with E-state index in [1.54, 1.807) is 16.4 Å². The van der Waals surface area contributed by atoms with Crippen molar-refractivity contribution in [1.82, 2.24) is 14.8 Å². The molecule has 0 saturated heterocycles. The zero-order valence-electron chi connectivity index (χ0n) is 24.4. The highest BCUT2D eigenvalue weighted by Gasteiger charge is 2.38. The summed E-state index contributed by atoms with van der Waals surface area (Å²) in [6.07, 6.45) is 5.06. The normalized spacial score (nSPS) is 16.9. The summed E-state index contributed by atoms with van der Waals surface area (Å²) in [5.41, 5.74) is 5.48. The molecule has 2 aliphatic rings. The maximum atomic E-state index is 14.0. The third-order valence-corrected chi connectivity index (χ3v) is 9.27. The number of hydrogen-bond donors (Lipinski definition) is 1. The third-order valence-electron chi connectivity index (χ3n) is 7.87. The molecule has 9 heteroatoms. The fraction of sp³-hybridized carbons (Fsp3) is 0.324. The predicted molar refractivity (Wildman–Crippen MR) is 173 cm³/mol. The molecular weight excluding hydrogens is 624 g/mol. The first-order chi connectivity index (χ1) is 20.9. The fourth-order valence-corrected chi connectivity index (χ4v) is 6.74. The maximum Gasteiger partial charge on any atom is 0.338 e. The van der Waals surface area contributed by atoms with Gasteiger partial charge in [0, 0.05) is 21.5 Å². The van der Waals surface area contributed by atoms with E-state index in [-0.39, 0.29) is 12.1 Å². The second-order valence-electron chi connectivity index (χ2n) is 11.1. The monoisotopic (exact) mass is 658 g/mol. The molecule has 1 atom stereocenters. The van der Waals surface area contributed by atoms with Gasteiger partial charge in [-0.1, -0.05) is 94.3 Å². The lowest BCUT2D eigenvalue weighted by Gasteiger charge is -2.31. The minimum atomic E-state index is -0.587. The molecule has 222 valence electrons. The van der Waals surface area contributed by atoms with Crippen molar-refractivity contribution in [3.05, 3.63) is 111 Å². The molecule has 1 fully saturated rings. The molecule has 1 N–H and O–H groups in total. The summed E-state index contributed by atoms with van der Waals surface area (Å²) in [5.74, 6) is 1.66. The van der Waals surface area contributed by atoms with E-state index in [4.69, 9.17) is 19.6 Å². The van der Waals surface area contributed by atoms with Crippen LogP contribution in [0.15, 0.2) is 93.7 Å². The number of aromatic nitrogens is 3. The van der Waals surface area contributed by atoms with Crippen LogP contribution in [-0.2, 0) is 21.9 Å². The number of aryl methyl sites for hydroxylation is 1. The van der Waals surface area contributed by atoms with Crippen LogP contribution in [0, 0.1) is 6.92 Å². The standard InChI is InChI=1S/C34H35BrN4O3S/c1-22-13-15-24(16-14-22)20-41-29-18-17-26(35)19-28(29)31-30(32(40)42-27-11-7-4-8-12-27)23(2)36-33-37-34(38-39(31)33)43-21-25-9-5-3-6-10-25/h3,5-6,9-10,13-19,27,31H,4,7-8,11-12,20-21H2,1-2H3,(H,36,37,38). The van der Waals surface area contributed by atoms with Gasteiger partial charge in [0.2, 0.25) is 11.1 Å². The number of halogens is 1. The fourth-order valence-electron chi connectivity index (χ4n) is 5.57. The highest BCUT2D eigenvalue weighted by molar-refractivity contribution is 9.10. The van der Waals surface area contributed by atoms with E-state index in [0.717, 1.165) is 47.0 Å². The summed E-state index contributed by atoms with van der Waals surface area (Å²) in [4.78, 5) is 18.8. The van der Waals surface area contributed by atoms with Gasteiger partial charge in [-0.15, -0.1) is 5.10 Å². The van der Waals surface area contributed by atoms with Crippen LogP contribution in [0.1, 0.15) is 67.3 Å². The van der Waals surface area contributed by atoms with Crippen LogP contribution >= 0.6 is 27.7 Å². The van der Waals surface area contributed by atoms with Crippen LogP contribution in [0.25, 0.3) is 0 Å². The Bertz CT molecular complexity index is 1610. The molecule has 6 rings (SSSR count). The van der Waals surface area contributed by atoms with Gasteiger partial charge in [0.25, 0.3) is 0 Å². The minimum Gasteiger partial charge on any atom is -0.489 e. The van der Waals surface area contributed by atoms with Crippen LogP contribution < -0.4 is 10.1 Å². The third kappa shape index (κ3) is 6.99. The lowest BCUT2D eigenvalue weighted by atomic mass is 9.94. The number of carbonyl (C=O) groups is 1. The summed E-state index contributed by atoms with van der Waals surface area (Å²) in [6, 6.07) is 23.9. The second-order valence-corrected chi connectivity index (χ2v) is 13.0. The van der Waals surface area contributed by atoms with Crippen molar-refractivity contribution in [1.29, 1.82) is 0 Å². The van der Waals surface area contributed by atoms with E-state index in [9.17, 15) is 4.79 Å². The van der Waals surface area contributed by atoms with Gasteiger partial charge >= 0.3 is 5.97 Å². The number of ether oxygens (including phenoxy) is 2. The number of hydrogen-bond acceptors (Lipinski definition) is 7. The van der Waals surface area contributed by atoms with E-state index in [2.05, 4.69) is 64.6 Å². The number of allylic oxidation sites excluding steroid dienone is 1. The lowest BCUT2D eigenvalue weighted by Crippen LogP contribution is -2.32. The number of nitrogens with one attached hydrogen (secondary N) is 1. The van der Waals surface area contributed by atoms with E-state index >= 15 is 0 Å². The van der Waals surface area contributed by atoms with Crippen LogP contribution in [0.4, 0.5) is 5.95 Å². The summed E-state index contributed by atoms with van der Waals surface area (Å²) in [5, 5.41) is 8.90. The molecule has 7 nitrogen and oxygen atoms in total. The quantitative estimate of drug-likeness (QED) is 0.143. The molecule has 4 aromatic rings. The number of nitrogens with zero attached hydrogens (tertiary/aromatic N) is 3. The molecule has 1 aliphatic heterocycles. The molecule has 1 aliphatic carbocycles. The van der Waals surface area contributed by atoms with Crippen molar-refractivity contribution in [2.75, 3.05) is 5.32 Å². The average molecular weight is 660 g/mol. The molecule has 2 heterocycles. The Labute approximate surface area is 265 Å². The van der Waals surface area contributed by atoms with Gasteiger partial charge in [-0.3, -0.25) is 0 Å². The summed E-state index contributed by atoms with van der Waals surface area (Å²) in [6.45, 7) is 4.37. The molecule has 0 bridgehead atoms. The number of esters is 1. The number of thioether (sulfide) groups is 1. The molecular formula is C34H35BrN4O3S. The predicted octanol–water partition coefficient (Wildman–Crippen LogP) is 8.39. The van der Waals surface area contributed by atoms with Gasteiger partial charge < -0.3 is 14.8 Å². The van der Waals surface area contributed by atoms with Crippen molar-refractivity contribution >= 4 is 39.6 Å². The Kier molecular flexibility index (Phi) is 9.19. The van der Waals surface area contributed by atoms with Crippen LogP contribution in [-0.4, -0.2) is 26.8 Å². The maximum absolute atomic E-state index is 14.0. The molecule has 43 heavy (non-hydrogen) atoms. The number of carbonyl (C=O) groups excluding carboxylic acids is 1. The van der Waals surface area contributed by atoms with Crippen molar-refractivity contribution in [3.63, 3.8) is 0 Å². The van der Waals surface area contributed by atoms with Crippen LogP contribution in [0.2, 0.25) is 0 Å². The number of benzene rings is 3. The van der Waals surface area contributed by atoms with Gasteiger partial charge in [0.1, 0.15) is 24.5 Å². The summed E-state index contributed by atoms with van der Waals surface area (Å²) >= 11 is 5.22. The number of rotatable bonds is 9. The Morgan fingerprint density at radius 2 is 1.77 bits per heavy atom. The SMILES string of the molecule is CC1=C(C(=O)OC2CCCCC2)C(c2cc(Br)ccc2OCc2ccc(C)cc2)n2nc(SCc3ccccc3)nc2N1. The lowest BCUT2D eigenvalue weighted by molar-refractivity contribution is -0.146. The van der Waals surface area contributed by atoms with Crippen molar-refractivity contribution < 1.29 is 14.3 Å². The molecule has 0 amide bonds. The largest absolute Gasteiger partial charge is 0.489 e. The van der Waals surface area contributed by atoms with E-state index in [0.29, 0.717) is 34.7 Å². The topological polar surface area (TPSA) is 78.3 Å². The Hall–Kier alpha value is -3.56. The van der Waals surface area contributed by atoms with E-state index < -0.39 is 6.04 Å². The highest BCUT2D eigenvalue weighted by atomic mass is 79.9. The first kappa shape index (κ1) is 29.5. The minimum absolute atomic E-state index is 0.0731. The first-order valence-corrected chi connectivity index (χ1v) is 16.5. The Balaban J connectivity index is 1.36. The molecule has 3 aromatic carbocycles. The van der Waals surface area contributed by atoms with Crippen molar-refractivity contribution in [3.8, 4) is 5.75 Å². The van der Waals surface area contributed by atoms with Gasteiger partial charge in [-0.25, -0.2) is 9.48 Å². The number of anilines is 1. The van der Waals surface area contributed by atoms with E-state index in [1.807, 2.05) is 43.3 Å². The van der Waals surface area contributed by atoms with Gasteiger partial charge in [0.15, 0.2) is 0 Å². The summed E-state index contributed by atoms with van der Waals surface area (Å²) < 4.78 is 15.2. The zero-order chi connectivity index (χ0) is 29.8. The second kappa shape index (κ2) is 13.4.